The Balaban J connectivity index is 2.27. The maximum Gasteiger partial charge on any atom is 0.0401 e. The van der Waals surface area contributed by atoms with Crippen LogP contribution in [-0.4, -0.2) is 18.6 Å². The predicted molar refractivity (Wildman–Crippen MR) is 88.4 cm³/mol. The summed E-state index contributed by atoms with van der Waals surface area (Å²) in [6.07, 6.45) is 7.51. The number of aryl methyl sites for hydroxylation is 1. The van der Waals surface area contributed by atoms with E-state index < -0.39 is 0 Å². The third kappa shape index (κ3) is 3.54. The van der Waals surface area contributed by atoms with Gasteiger partial charge in [-0.3, -0.25) is 0 Å². The Hall–Kier alpha value is -1.02. The van der Waals surface area contributed by atoms with Gasteiger partial charge in [0.05, 0.1) is 0 Å². The predicted octanol–water partition coefficient (Wildman–Crippen LogP) is 4.04. The summed E-state index contributed by atoms with van der Waals surface area (Å²) < 4.78 is 0. The van der Waals surface area contributed by atoms with Crippen LogP contribution in [0.2, 0.25) is 0 Å². The molecule has 0 spiro atoms. The first-order valence-corrected chi connectivity index (χ1v) is 8.27. The molecular weight excluding hydrogens is 244 g/mol. The highest BCUT2D eigenvalue weighted by atomic mass is 15.2. The number of nitrogens with two attached hydrogens (primary N) is 1. The zero-order chi connectivity index (χ0) is 14.5. The van der Waals surface area contributed by atoms with Gasteiger partial charge >= 0.3 is 0 Å². The molecule has 0 bridgehead atoms. The highest BCUT2D eigenvalue weighted by molar-refractivity contribution is 5.56. The molecule has 1 aliphatic carbocycles. The molecule has 2 heteroatoms. The number of benzene rings is 1. The van der Waals surface area contributed by atoms with E-state index >= 15 is 0 Å². The van der Waals surface area contributed by atoms with Crippen molar-refractivity contribution in [3.8, 4) is 0 Å². The first-order valence-electron chi connectivity index (χ1n) is 8.27. The molecule has 1 aromatic rings. The molecule has 2 nitrogen and oxygen atoms in total. The lowest BCUT2D eigenvalue weighted by molar-refractivity contribution is 0.607. The normalized spacial score (nSPS) is 17.4. The van der Waals surface area contributed by atoms with Crippen LogP contribution in [0.3, 0.4) is 0 Å². The second-order valence-electron chi connectivity index (χ2n) is 6.23. The van der Waals surface area contributed by atoms with Crippen molar-refractivity contribution in [3.63, 3.8) is 0 Å². The van der Waals surface area contributed by atoms with Gasteiger partial charge in [0.2, 0.25) is 0 Å². The van der Waals surface area contributed by atoms with Crippen molar-refractivity contribution in [1.82, 2.24) is 0 Å². The molecule has 0 amide bonds. The number of nitrogens with zero attached hydrogens (tertiary/aromatic N) is 1. The van der Waals surface area contributed by atoms with E-state index in [0.29, 0.717) is 0 Å². The van der Waals surface area contributed by atoms with Gasteiger partial charge in [0, 0.05) is 24.3 Å². The summed E-state index contributed by atoms with van der Waals surface area (Å²) in [4.78, 5) is 2.62. The van der Waals surface area contributed by atoms with E-state index in [0.717, 1.165) is 25.4 Å². The molecule has 0 radical (unpaired) electrons. The van der Waals surface area contributed by atoms with Gasteiger partial charge in [0.1, 0.15) is 0 Å². The summed E-state index contributed by atoms with van der Waals surface area (Å²) in [7, 11) is 0. The first-order chi connectivity index (χ1) is 9.65. The van der Waals surface area contributed by atoms with Crippen molar-refractivity contribution in [3.05, 3.63) is 29.3 Å². The topological polar surface area (TPSA) is 29.3 Å². The standard InChI is InChI=1S/C18H30N2/c1-4-16(19)13-15-12-14(3)10-11-18(15)20(5-2)17-8-6-7-9-17/h10-12,16-17H,4-9,13,19H2,1-3H3. The number of hydrogen-bond donors (Lipinski definition) is 1. The zero-order valence-electron chi connectivity index (χ0n) is 13.4. The van der Waals surface area contributed by atoms with E-state index in [1.54, 1.807) is 0 Å². The van der Waals surface area contributed by atoms with Gasteiger partial charge < -0.3 is 10.6 Å². The summed E-state index contributed by atoms with van der Waals surface area (Å²) in [5.74, 6) is 0. The van der Waals surface area contributed by atoms with E-state index in [2.05, 4.69) is 43.9 Å². The lowest BCUT2D eigenvalue weighted by Gasteiger charge is -2.32. The van der Waals surface area contributed by atoms with E-state index in [1.165, 1.54) is 42.5 Å². The smallest absolute Gasteiger partial charge is 0.0401 e. The Morgan fingerprint density at radius 2 is 1.95 bits per heavy atom. The fourth-order valence-corrected chi connectivity index (χ4v) is 3.43. The molecule has 1 saturated carbocycles. The first kappa shape index (κ1) is 15.4. The minimum absolute atomic E-state index is 0.276. The fourth-order valence-electron chi connectivity index (χ4n) is 3.43. The van der Waals surface area contributed by atoms with Crippen molar-refractivity contribution < 1.29 is 0 Å². The highest BCUT2D eigenvalue weighted by Crippen LogP contribution is 2.31. The SMILES string of the molecule is CCC(N)Cc1cc(C)ccc1N(CC)C1CCCC1. The molecule has 0 aliphatic heterocycles. The van der Waals surface area contributed by atoms with Crippen LogP contribution in [0.4, 0.5) is 5.69 Å². The Kier molecular flexibility index (Phi) is 5.47. The van der Waals surface area contributed by atoms with E-state index in [-0.39, 0.29) is 6.04 Å². The Bertz CT molecular complexity index is 421. The van der Waals surface area contributed by atoms with E-state index in [1.807, 2.05) is 0 Å². The second kappa shape index (κ2) is 7.12. The van der Waals surface area contributed by atoms with Gasteiger partial charge in [0.15, 0.2) is 0 Å². The van der Waals surface area contributed by atoms with Crippen molar-refractivity contribution in [2.75, 3.05) is 11.4 Å². The lowest BCUT2D eigenvalue weighted by atomic mass is 9.99. The molecule has 0 heterocycles. The van der Waals surface area contributed by atoms with Crippen molar-refractivity contribution in [2.24, 2.45) is 5.73 Å². The van der Waals surface area contributed by atoms with Gasteiger partial charge in [-0.2, -0.15) is 0 Å². The largest absolute Gasteiger partial charge is 0.369 e. The Morgan fingerprint density at radius 1 is 1.25 bits per heavy atom. The molecular formula is C18H30N2. The van der Waals surface area contributed by atoms with Crippen molar-refractivity contribution in [1.29, 1.82) is 0 Å². The van der Waals surface area contributed by atoms with E-state index in [9.17, 15) is 0 Å². The zero-order valence-corrected chi connectivity index (χ0v) is 13.4. The second-order valence-corrected chi connectivity index (χ2v) is 6.23. The minimum atomic E-state index is 0.276. The van der Waals surface area contributed by atoms with Crippen LogP contribution in [0.15, 0.2) is 18.2 Å². The van der Waals surface area contributed by atoms with Crippen LogP contribution in [0.1, 0.15) is 57.1 Å². The number of anilines is 1. The molecule has 0 aromatic heterocycles. The third-order valence-electron chi connectivity index (χ3n) is 4.66. The molecule has 1 atom stereocenters. The molecule has 1 aliphatic rings. The van der Waals surface area contributed by atoms with Crippen molar-refractivity contribution in [2.45, 2.75) is 71.4 Å². The van der Waals surface area contributed by atoms with Crippen LogP contribution in [0.25, 0.3) is 0 Å². The monoisotopic (exact) mass is 274 g/mol. The highest BCUT2D eigenvalue weighted by Gasteiger charge is 2.23. The van der Waals surface area contributed by atoms with Gasteiger partial charge in [0.25, 0.3) is 0 Å². The quantitative estimate of drug-likeness (QED) is 0.848. The van der Waals surface area contributed by atoms with Gasteiger partial charge in [-0.25, -0.2) is 0 Å². The van der Waals surface area contributed by atoms with Crippen LogP contribution < -0.4 is 10.6 Å². The summed E-state index contributed by atoms with van der Waals surface area (Å²) in [5, 5.41) is 0. The molecule has 0 saturated heterocycles. The Labute approximate surface area is 124 Å². The average molecular weight is 274 g/mol. The molecule has 1 unspecified atom stereocenters. The average Bonchev–Trinajstić information content (AvgIpc) is 2.95. The van der Waals surface area contributed by atoms with E-state index in [4.69, 9.17) is 5.73 Å². The van der Waals surface area contributed by atoms with Gasteiger partial charge in [-0.05, 0) is 51.2 Å². The lowest BCUT2D eigenvalue weighted by Crippen LogP contribution is -2.34. The molecule has 2 rings (SSSR count). The summed E-state index contributed by atoms with van der Waals surface area (Å²) in [5.41, 5.74) is 10.4. The molecule has 1 fully saturated rings. The molecule has 20 heavy (non-hydrogen) atoms. The van der Waals surface area contributed by atoms with Crippen molar-refractivity contribution >= 4 is 5.69 Å². The maximum absolute atomic E-state index is 6.20. The summed E-state index contributed by atoms with van der Waals surface area (Å²) in [6, 6.07) is 7.91. The summed E-state index contributed by atoms with van der Waals surface area (Å²) in [6.45, 7) is 7.73. The van der Waals surface area contributed by atoms with Crippen LogP contribution >= 0.6 is 0 Å². The van der Waals surface area contributed by atoms with Crippen LogP contribution in [0, 0.1) is 6.92 Å². The van der Waals surface area contributed by atoms with Crippen LogP contribution in [-0.2, 0) is 6.42 Å². The minimum Gasteiger partial charge on any atom is -0.369 e. The van der Waals surface area contributed by atoms with Gasteiger partial charge in [-0.1, -0.05) is 37.5 Å². The molecule has 1 aromatic carbocycles. The molecule has 112 valence electrons. The fraction of sp³-hybridized carbons (Fsp3) is 0.667. The molecule has 2 N–H and O–H groups in total. The Morgan fingerprint density at radius 3 is 2.55 bits per heavy atom. The summed E-state index contributed by atoms with van der Waals surface area (Å²) >= 11 is 0. The maximum atomic E-state index is 6.20. The van der Waals surface area contributed by atoms with Gasteiger partial charge in [-0.15, -0.1) is 0 Å². The number of rotatable bonds is 6. The van der Waals surface area contributed by atoms with Crippen LogP contribution in [0.5, 0.6) is 0 Å². The number of hydrogen-bond acceptors (Lipinski definition) is 2. The third-order valence-corrected chi connectivity index (χ3v) is 4.66.